The number of hydrogen-bond acceptors (Lipinski definition) is 6. The van der Waals surface area contributed by atoms with E-state index in [-0.39, 0.29) is 37.3 Å². The molecule has 204 valence electrons. The molecule has 1 saturated heterocycles. The predicted octanol–water partition coefficient (Wildman–Crippen LogP) is 3.09. The van der Waals surface area contributed by atoms with Crippen molar-refractivity contribution in [2.75, 3.05) is 57.2 Å². The first-order chi connectivity index (χ1) is 16.5. The Kier molecular flexibility index (Phi) is 11.0. The number of benzene rings is 1. The Morgan fingerprint density at radius 2 is 1.47 bits per heavy atom. The molecule has 1 aliphatic rings. The molecule has 2 rings (SSSR count). The minimum absolute atomic E-state index is 0.196. The van der Waals surface area contributed by atoms with Crippen LogP contribution in [0.4, 0.5) is 37.7 Å². The van der Waals surface area contributed by atoms with Crippen LogP contribution in [-0.2, 0) is 14.3 Å². The number of likely N-dealkylation sites (N-methyl/N-ethyl adjacent to an activating group) is 2. The fraction of sp³-hybridized carbons (Fsp3) is 0.571. The zero-order valence-electron chi connectivity index (χ0n) is 19.7. The highest BCUT2D eigenvalue weighted by atomic mass is 19.4. The number of alkyl halides is 6. The largest absolute Gasteiger partial charge is 0.490 e. The van der Waals surface area contributed by atoms with Crippen LogP contribution in [0, 0.1) is 0 Å². The number of carboxylic acid groups (broad SMARTS) is 2. The number of anilines is 2. The smallest absolute Gasteiger partial charge is 0.478 e. The van der Waals surface area contributed by atoms with E-state index in [4.69, 9.17) is 14.6 Å². The van der Waals surface area contributed by atoms with Crippen LogP contribution >= 0.6 is 0 Å². The number of amides is 1. The molecule has 0 radical (unpaired) electrons. The van der Waals surface area contributed by atoms with Gasteiger partial charge in [-0.1, -0.05) is 0 Å². The zero-order chi connectivity index (χ0) is 27.8. The van der Waals surface area contributed by atoms with Gasteiger partial charge in [0.25, 0.3) is 0 Å². The minimum atomic E-state index is -5.12. The summed E-state index contributed by atoms with van der Waals surface area (Å²) in [5.74, 6) is -6.22. The van der Waals surface area contributed by atoms with Gasteiger partial charge in [-0.3, -0.25) is 4.79 Å². The lowest BCUT2D eigenvalue weighted by Crippen LogP contribution is -2.50. The van der Waals surface area contributed by atoms with E-state index < -0.39 is 36.2 Å². The SMILES string of the molecule is CN(C)CCN(C)c1ccc(C(=O)O)c(N(C(=O)C(F)(F)F)C2CCOCC2)c1.O=C(O)C(F)(F)F. The van der Waals surface area contributed by atoms with E-state index in [2.05, 4.69) is 0 Å². The molecule has 0 spiro atoms. The van der Waals surface area contributed by atoms with E-state index in [9.17, 15) is 41.0 Å². The van der Waals surface area contributed by atoms with Crippen molar-refractivity contribution in [3.63, 3.8) is 0 Å². The van der Waals surface area contributed by atoms with Gasteiger partial charge in [0.1, 0.15) is 0 Å². The number of ether oxygens (including phenoxy) is 1. The molecule has 0 unspecified atom stereocenters. The second-order valence-corrected chi connectivity index (χ2v) is 8.05. The van der Waals surface area contributed by atoms with Gasteiger partial charge in [0.05, 0.1) is 11.3 Å². The van der Waals surface area contributed by atoms with Gasteiger partial charge in [-0.15, -0.1) is 0 Å². The second-order valence-electron chi connectivity index (χ2n) is 8.05. The van der Waals surface area contributed by atoms with Crippen LogP contribution in [0.15, 0.2) is 18.2 Å². The van der Waals surface area contributed by atoms with Crippen LogP contribution in [0.1, 0.15) is 23.2 Å². The monoisotopic (exact) mass is 531 g/mol. The fourth-order valence-corrected chi connectivity index (χ4v) is 3.17. The Labute approximate surface area is 202 Å². The summed E-state index contributed by atoms with van der Waals surface area (Å²) in [6.07, 6.45) is -9.82. The molecule has 1 aromatic carbocycles. The molecule has 1 fully saturated rings. The molecule has 0 aliphatic carbocycles. The average Bonchev–Trinajstić information content (AvgIpc) is 2.77. The van der Waals surface area contributed by atoms with Crippen molar-refractivity contribution >= 4 is 29.2 Å². The highest BCUT2D eigenvalue weighted by Gasteiger charge is 2.46. The summed E-state index contributed by atoms with van der Waals surface area (Å²) in [7, 11) is 5.54. The molecule has 1 amide bonds. The van der Waals surface area contributed by atoms with Crippen LogP contribution < -0.4 is 9.80 Å². The lowest BCUT2D eigenvalue weighted by atomic mass is 10.0. The van der Waals surface area contributed by atoms with E-state index in [0.717, 1.165) is 0 Å². The second kappa shape index (κ2) is 12.8. The first-order valence-corrected chi connectivity index (χ1v) is 10.5. The number of aliphatic carboxylic acids is 1. The van der Waals surface area contributed by atoms with E-state index in [1.54, 1.807) is 11.9 Å². The van der Waals surface area contributed by atoms with Crippen molar-refractivity contribution < 1.29 is 55.7 Å². The molecule has 0 bridgehead atoms. The maximum absolute atomic E-state index is 13.4. The third-order valence-corrected chi connectivity index (χ3v) is 5.05. The highest BCUT2D eigenvalue weighted by Crippen LogP contribution is 2.34. The van der Waals surface area contributed by atoms with Crippen molar-refractivity contribution in [2.24, 2.45) is 0 Å². The molecular weight excluding hydrogens is 504 g/mol. The molecule has 1 aliphatic heterocycles. The summed E-state index contributed by atoms with van der Waals surface area (Å²) in [4.78, 5) is 37.2. The summed E-state index contributed by atoms with van der Waals surface area (Å²) >= 11 is 0. The van der Waals surface area contributed by atoms with Crippen molar-refractivity contribution in [2.45, 2.75) is 31.2 Å². The average molecular weight is 531 g/mol. The Bertz CT molecular complexity index is 916. The number of carboxylic acids is 2. The van der Waals surface area contributed by atoms with E-state index >= 15 is 0 Å². The normalized spacial score (nSPS) is 14.6. The summed E-state index contributed by atoms with van der Waals surface area (Å²) in [6, 6.07) is 3.33. The van der Waals surface area contributed by atoms with E-state index in [1.165, 1.54) is 18.2 Å². The minimum Gasteiger partial charge on any atom is -0.478 e. The molecular formula is C21H27F6N3O6. The van der Waals surface area contributed by atoms with Crippen molar-refractivity contribution in [3.8, 4) is 0 Å². The quantitative estimate of drug-likeness (QED) is 0.517. The number of carbonyl (C=O) groups excluding carboxylic acids is 1. The molecule has 0 saturated carbocycles. The molecule has 0 atom stereocenters. The summed E-state index contributed by atoms with van der Waals surface area (Å²) in [6.45, 7) is 1.68. The Morgan fingerprint density at radius 3 is 1.89 bits per heavy atom. The van der Waals surface area contributed by atoms with Crippen LogP contribution in [-0.4, -0.2) is 98.8 Å². The highest BCUT2D eigenvalue weighted by molar-refractivity contribution is 6.05. The summed E-state index contributed by atoms with van der Waals surface area (Å²) in [5.41, 5.74) is -0.0707. The Balaban J connectivity index is 0.000000809. The maximum atomic E-state index is 13.4. The van der Waals surface area contributed by atoms with Crippen molar-refractivity contribution in [1.29, 1.82) is 0 Å². The predicted molar refractivity (Wildman–Crippen MR) is 116 cm³/mol. The third kappa shape index (κ3) is 9.18. The molecule has 9 nitrogen and oxygen atoms in total. The molecule has 0 aromatic heterocycles. The molecule has 2 N–H and O–H groups in total. The number of rotatable bonds is 7. The number of halogens is 6. The molecule has 36 heavy (non-hydrogen) atoms. The lowest BCUT2D eigenvalue weighted by molar-refractivity contribution is -0.192. The third-order valence-electron chi connectivity index (χ3n) is 5.05. The maximum Gasteiger partial charge on any atom is 0.490 e. The Morgan fingerprint density at radius 1 is 0.944 bits per heavy atom. The molecule has 1 aromatic rings. The number of nitrogens with zero attached hydrogens (tertiary/aromatic N) is 3. The van der Waals surface area contributed by atoms with E-state index in [0.29, 0.717) is 23.7 Å². The number of aromatic carboxylic acids is 1. The van der Waals surface area contributed by atoms with Crippen molar-refractivity contribution in [3.05, 3.63) is 23.8 Å². The van der Waals surface area contributed by atoms with E-state index in [1.807, 2.05) is 19.0 Å². The fourth-order valence-electron chi connectivity index (χ4n) is 3.17. The summed E-state index contributed by atoms with van der Waals surface area (Å²) < 4.78 is 77.0. The lowest BCUT2D eigenvalue weighted by Gasteiger charge is -2.36. The number of carbonyl (C=O) groups is 3. The number of hydrogen-bond donors (Lipinski definition) is 2. The molecule has 15 heteroatoms. The zero-order valence-corrected chi connectivity index (χ0v) is 19.7. The first kappa shape index (κ1) is 31.0. The van der Waals surface area contributed by atoms with Crippen LogP contribution in [0.2, 0.25) is 0 Å². The van der Waals surface area contributed by atoms with Crippen LogP contribution in [0.25, 0.3) is 0 Å². The van der Waals surface area contributed by atoms with Crippen LogP contribution in [0.5, 0.6) is 0 Å². The molecule has 1 heterocycles. The Hall–Kier alpha value is -3.07. The first-order valence-electron chi connectivity index (χ1n) is 10.5. The van der Waals surface area contributed by atoms with Gasteiger partial charge in [-0.2, -0.15) is 26.3 Å². The standard InChI is InChI=1S/C19H26F3N3O4.C2HF3O2/c1-23(2)8-9-24(3)14-4-5-15(17(26)27)16(12-14)25(18(28)19(20,21)22)13-6-10-29-11-7-13;3-2(4,5)1(6)7/h4-5,12-13H,6-11H2,1-3H3,(H,26,27);(H,6,7). The van der Waals surface area contributed by atoms with Crippen LogP contribution in [0.3, 0.4) is 0 Å². The van der Waals surface area contributed by atoms with Crippen molar-refractivity contribution in [1.82, 2.24) is 4.90 Å². The van der Waals surface area contributed by atoms with Gasteiger partial charge in [0, 0.05) is 45.1 Å². The summed E-state index contributed by atoms with van der Waals surface area (Å²) in [5, 5.41) is 16.7. The van der Waals surface area contributed by atoms with Gasteiger partial charge in [-0.25, -0.2) is 9.59 Å². The van der Waals surface area contributed by atoms with Gasteiger partial charge < -0.3 is 29.6 Å². The van der Waals surface area contributed by atoms with Gasteiger partial charge in [0.2, 0.25) is 0 Å². The van der Waals surface area contributed by atoms with Gasteiger partial charge >= 0.3 is 30.2 Å². The van der Waals surface area contributed by atoms with Gasteiger partial charge in [0.15, 0.2) is 0 Å². The van der Waals surface area contributed by atoms with Gasteiger partial charge in [-0.05, 0) is 45.1 Å². The topological polar surface area (TPSA) is 111 Å².